The Labute approximate surface area is 107 Å². The third-order valence-electron chi connectivity index (χ3n) is 3.91. The van der Waals surface area contributed by atoms with E-state index in [4.69, 9.17) is 0 Å². The molecule has 94 valence electrons. The molecule has 2 aromatic rings. The zero-order chi connectivity index (χ0) is 12.9. The Hall–Kier alpha value is -1.57. The van der Waals surface area contributed by atoms with Crippen molar-refractivity contribution in [2.45, 2.75) is 45.4 Å². The lowest BCUT2D eigenvalue weighted by Gasteiger charge is -2.19. The minimum Gasteiger partial charge on any atom is -0.358 e. The molecule has 2 heteroatoms. The molecule has 0 bridgehead atoms. The summed E-state index contributed by atoms with van der Waals surface area (Å²) in [4.78, 5) is 15.9. The molecule has 0 spiro atoms. The molecule has 0 saturated carbocycles. The van der Waals surface area contributed by atoms with Crippen molar-refractivity contribution in [1.82, 2.24) is 4.98 Å². The molecule has 0 fully saturated rings. The van der Waals surface area contributed by atoms with E-state index in [1.54, 1.807) is 0 Å². The van der Waals surface area contributed by atoms with Crippen LogP contribution < -0.4 is 5.43 Å². The maximum atomic E-state index is 12.5. The zero-order valence-corrected chi connectivity index (χ0v) is 11.3. The Morgan fingerprint density at radius 3 is 2.67 bits per heavy atom. The van der Waals surface area contributed by atoms with E-state index < -0.39 is 0 Å². The zero-order valence-electron chi connectivity index (χ0n) is 11.3. The molecule has 1 N–H and O–H groups in total. The molecule has 1 aromatic heterocycles. The van der Waals surface area contributed by atoms with Gasteiger partial charge in [0.05, 0.1) is 0 Å². The number of rotatable bonds is 0. The lowest BCUT2D eigenvalue weighted by molar-refractivity contribution is 0.591. The molecule has 0 aliphatic heterocycles. The van der Waals surface area contributed by atoms with E-state index in [1.807, 2.05) is 0 Å². The van der Waals surface area contributed by atoms with Gasteiger partial charge < -0.3 is 4.98 Å². The van der Waals surface area contributed by atoms with Crippen LogP contribution in [-0.2, 0) is 18.3 Å². The number of benzene rings is 1. The van der Waals surface area contributed by atoms with Gasteiger partial charge in [0.15, 0.2) is 5.43 Å². The van der Waals surface area contributed by atoms with Gasteiger partial charge in [-0.25, -0.2) is 0 Å². The number of fused-ring (bicyclic) bond motifs is 2. The number of aryl methyl sites for hydroxylation is 1. The van der Waals surface area contributed by atoms with Crippen molar-refractivity contribution in [2.75, 3.05) is 0 Å². The number of hydrogen-bond donors (Lipinski definition) is 1. The predicted octanol–water partition coefficient (Wildman–Crippen LogP) is 3.31. The van der Waals surface area contributed by atoms with Crippen LogP contribution >= 0.6 is 0 Å². The maximum absolute atomic E-state index is 12.5. The number of aromatic nitrogens is 1. The van der Waals surface area contributed by atoms with Gasteiger partial charge in [-0.2, -0.15) is 0 Å². The second-order valence-corrected chi connectivity index (χ2v) is 6.28. The van der Waals surface area contributed by atoms with Gasteiger partial charge in [-0.3, -0.25) is 4.79 Å². The largest absolute Gasteiger partial charge is 0.358 e. The number of pyridine rings is 1. The van der Waals surface area contributed by atoms with Crippen LogP contribution in [0.15, 0.2) is 23.0 Å². The second kappa shape index (κ2) is 3.71. The molecule has 1 heterocycles. The summed E-state index contributed by atoms with van der Waals surface area (Å²) in [6, 6.07) is 6.24. The summed E-state index contributed by atoms with van der Waals surface area (Å²) in [5.74, 6) is 0. The second-order valence-electron chi connectivity index (χ2n) is 6.28. The molecular formula is C16H19NO. The van der Waals surface area contributed by atoms with Crippen LogP contribution in [0, 0.1) is 0 Å². The van der Waals surface area contributed by atoms with Gasteiger partial charge in [0, 0.05) is 22.2 Å². The SMILES string of the molecule is CC(C)(C)c1ccc2[nH]c3c(c(=O)c2c1)CCC3. The van der Waals surface area contributed by atoms with Crippen molar-refractivity contribution in [1.29, 1.82) is 0 Å². The molecule has 18 heavy (non-hydrogen) atoms. The van der Waals surface area contributed by atoms with Gasteiger partial charge in [0.2, 0.25) is 0 Å². The first-order valence-corrected chi connectivity index (χ1v) is 6.65. The van der Waals surface area contributed by atoms with Crippen molar-refractivity contribution in [2.24, 2.45) is 0 Å². The number of nitrogens with one attached hydrogen (secondary N) is 1. The fraction of sp³-hybridized carbons (Fsp3) is 0.438. The lowest BCUT2D eigenvalue weighted by Crippen LogP contribution is -2.14. The average Bonchev–Trinajstić information content (AvgIpc) is 2.76. The summed E-state index contributed by atoms with van der Waals surface area (Å²) in [5, 5.41) is 0.850. The van der Waals surface area contributed by atoms with Crippen molar-refractivity contribution in [3.63, 3.8) is 0 Å². The van der Waals surface area contributed by atoms with Crippen LogP contribution in [0.4, 0.5) is 0 Å². The average molecular weight is 241 g/mol. The van der Waals surface area contributed by atoms with Crippen molar-refractivity contribution >= 4 is 10.9 Å². The van der Waals surface area contributed by atoms with Crippen LogP contribution in [-0.4, -0.2) is 4.98 Å². The third-order valence-corrected chi connectivity index (χ3v) is 3.91. The summed E-state index contributed by atoms with van der Waals surface area (Å²) < 4.78 is 0. The topological polar surface area (TPSA) is 32.9 Å². The summed E-state index contributed by atoms with van der Waals surface area (Å²) in [6.07, 6.45) is 3.05. The van der Waals surface area contributed by atoms with Gasteiger partial charge in [0.1, 0.15) is 0 Å². The molecule has 0 amide bonds. The fourth-order valence-corrected chi connectivity index (χ4v) is 2.76. The van der Waals surface area contributed by atoms with Gasteiger partial charge in [0.25, 0.3) is 0 Å². The van der Waals surface area contributed by atoms with Crippen molar-refractivity contribution < 1.29 is 0 Å². The first kappa shape index (κ1) is 11.5. The minimum absolute atomic E-state index is 0.0830. The highest BCUT2D eigenvalue weighted by Gasteiger charge is 2.19. The highest BCUT2D eigenvalue weighted by Crippen LogP contribution is 2.26. The van der Waals surface area contributed by atoms with Crippen molar-refractivity contribution in [3.05, 3.63) is 45.2 Å². The Morgan fingerprint density at radius 1 is 1.17 bits per heavy atom. The minimum atomic E-state index is 0.0830. The standard InChI is InChI=1S/C16H19NO/c1-16(2,3)10-7-8-14-12(9-10)15(18)11-5-4-6-13(11)17-14/h7-9H,4-6H2,1-3H3,(H,17,18). The van der Waals surface area contributed by atoms with Crippen LogP contribution in [0.5, 0.6) is 0 Å². The maximum Gasteiger partial charge on any atom is 0.192 e. The molecule has 0 atom stereocenters. The Kier molecular flexibility index (Phi) is 2.37. The summed E-state index contributed by atoms with van der Waals surface area (Å²) >= 11 is 0. The quantitative estimate of drug-likeness (QED) is 0.754. The summed E-state index contributed by atoms with van der Waals surface area (Å²) in [5.41, 5.74) is 4.68. The summed E-state index contributed by atoms with van der Waals surface area (Å²) in [7, 11) is 0. The Bertz CT molecular complexity index is 674. The number of aromatic amines is 1. The van der Waals surface area contributed by atoms with Crippen LogP contribution in [0.2, 0.25) is 0 Å². The van der Waals surface area contributed by atoms with E-state index in [-0.39, 0.29) is 10.8 Å². The highest BCUT2D eigenvalue weighted by atomic mass is 16.1. The van der Waals surface area contributed by atoms with Crippen molar-refractivity contribution in [3.8, 4) is 0 Å². The molecular weight excluding hydrogens is 222 g/mol. The van der Waals surface area contributed by atoms with Gasteiger partial charge in [-0.1, -0.05) is 26.8 Å². The first-order valence-electron chi connectivity index (χ1n) is 6.65. The molecule has 1 aromatic carbocycles. The smallest absolute Gasteiger partial charge is 0.192 e. The molecule has 3 rings (SSSR count). The number of H-pyrrole nitrogens is 1. The highest BCUT2D eigenvalue weighted by molar-refractivity contribution is 5.80. The fourth-order valence-electron chi connectivity index (χ4n) is 2.76. The van der Waals surface area contributed by atoms with Gasteiger partial charge in [-0.15, -0.1) is 0 Å². The van der Waals surface area contributed by atoms with Crippen LogP contribution in [0.1, 0.15) is 44.0 Å². The van der Waals surface area contributed by atoms with Gasteiger partial charge >= 0.3 is 0 Å². The molecule has 1 aliphatic carbocycles. The van der Waals surface area contributed by atoms with Crippen LogP contribution in [0.25, 0.3) is 10.9 Å². The van der Waals surface area contributed by atoms with E-state index in [0.717, 1.165) is 41.4 Å². The van der Waals surface area contributed by atoms with E-state index in [2.05, 4.69) is 44.0 Å². The van der Waals surface area contributed by atoms with E-state index >= 15 is 0 Å². The monoisotopic (exact) mass is 241 g/mol. The van der Waals surface area contributed by atoms with Gasteiger partial charge in [-0.05, 0) is 42.4 Å². The Balaban J connectivity index is 2.32. The van der Waals surface area contributed by atoms with Crippen LogP contribution in [0.3, 0.4) is 0 Å². The van der Waals surface area contributed by atoms with E-state index in [1.165, 1.54) is 5.56 Å². The Morgan fingerprint density at radius 2 is 1.94 bits per heavy atom. The van der Waals surface area contributed by atoms with E-state index in [9.17, 15) is 4.79 Å². The molecule has 0 saturated heterocycles. The first-order chi connectivity index (χ1) is 8.47. The number of hydrogen-bond acceptors (Lipinski definition) is 1. The normalized spacial score (nSPS) is 15.1. The molecule has 0 radical (unpaired) electrons. The summed E-state index contributed by atoms with van der Waals surface area (Å²) in [6.45, 7) is 6.53. The third kappa shape index (κ3) is 1.67. The molecule has 0 unspecified atom stereocenters. The lowest BCUT2D eigenvalue weighted by atomic mass is 9.86. The molecule has 1 aliphatic rings. The van der Waals surface area contributed by atoms with E-state index in [0.29, 0.717) is 0 Å². The predicted molar refractivity (Wildman–Crippen MR) is 75.3 cm³/mol. The molecule has 2 nitrogen and oxygen atoms in total.